The molecule has 3 aromatic carbocycles. The lowest BCUT2D eigenvalue weighted by molar-refractivity contribution is -0.118. The lowest BCUT2D eigenvalue weighted by Crippen LogP contribution is -2.41. The standard InChI is InChI=1S/C30H27F5N2O5S/c1-36(43(41,42)29-27(34)25(32)24(31)26(33)28(29)35)17-23(38)37(22-14-12-21(13-15-22)30(39)40)16-18-8-10-20(11-9-18)19-6-4-2-3-5-7-19/h6,8-15H,2-5,7,16-17H2,1H3,(H,39,40). The Kier molecular flexibility index (Phi) is 9.65. The predicted octanol–water partition coefficient (Wildman–Crippen LogP) is 6.28. The molecule has 1 amide bonds. The number of rotatable bonds is 9. The zero-order valence-electron chi connectivity index (χ0n) is 22.9. The molecule has 7 nitrogen and oxygen atoms in total. The summed E-state index contributed by atoms with van der Waals surface area (Å²) in [6, 6.07) is 12.5. The number of hydrogen-bond acceptors (Lipinski definition) is 4. The summed E-state index contributed by atoms with van der Waals surface area (Å²) in [5.74, 6) is -14.7. The Morgan fingerprint density at radius 2 is 1.40 bits per heavy atom. The molecule has 3 aromatic rings. The summed E-state index contributed by atoms with van der Waals surface area (Å²) in [5, 5.41) is 9.23. The van der Waals surface area contributed by atoms with Crippen LogP contribution < -0.4 is 4.90 Å². The second-order valence-corrected chi connectivity index (χ2v) is 12.0. The number of aromatic carboxylic acids is 1. The van der Waals surface area contributed by atoms with Gasteiger partial charge in [-0.05, 0) is 66.6 Å². The van der Waals surface area contributed by atoms with Crippen molar-refractivity contribution in [3.8, 4) is 0 Å². The fourth-order valence-corrected chi connectivity index (χ4v) is 5.94. The first-order valence-corrected chi connectivity index (χ1v) is 14.7. The van der Waals surface area contributed by atoms with Crippen LogP contribution in [0.1, 0.15) is 53.6 Å². The molecule has 1 aliphatic rings. The Balaban J connectivity index is 1.64. The van der Waals surface area contributed by atoms with Gasteiger partial charge in [-0.3, -0.25) is 4.79 Å². The monoisotopic (exact) mass is 622 g/mol. The van der Waals surface area contributed by atoms with E-state index in [1.165, 1.54) is 29.8 Å². The van der Waals surface area contributed by atoms with Crippen molar-refractivity contribution >= 4 is 33.2 Å². The van der Waals surface area contributed by atoms with E-state index in [9.17, 15) is 45.1 Å². The van der Waals surface area contributed by atoms with Gasteiger partial charge in [0.05, 0.1) is 18.7 Å². The molecule has 0 saturated carbocycles. The fraction of sp³-hybridized carbons (Fsp3) is 0.267. The molecule has 1 N–H and O–H groups in total. The molecule has 0 fully saturated rings. The summed E-state index contributed by atoms with van der Waals surface area (Å²) >= 11 is 0. The number of carboxylic acids is 1. The summed E-state index contributed by atoms with van der Waals surface area (Å²) < 4.78 is 95.6. The van der Waals surface area contributed by atoms with Crippen LogP contribution in [0.3, 0.4) is 0 Å². The Hall–Kier alpha value is -4.10. The molecule has 0 heterocycles. The van der Waals surface area contributed by atoms with E-state index in [4.69, 9.17) is 0 Å². The quantitative estimate of drug-likeness (QED) is 0.172. The Labute approximate surface area is 244 Å². The zero-order valence-corrected chi connectivity index (χ0v) is 23.7. The van der Waals surface area contributed by atoms with Gasteiger partial charge in [-0.15, -0.1) is 0 Å². The molecule has 0 spiro atoms. The topological polar surface area (TPSA) is 95.0 Å². The van der Waals surface area contributed by atoms with Crippen LogP contribution in [0.2, 0.25) is 0 Å². The third-order valence-electron chi connectivity index (χ3n) is 7.13. The van der Waals surface area contributed by atoms with Crippen LogP contribution >= 0.6 is 0 Å². The number of halogens is 5. The highest BCUT2D eigenvalue weighted by Gasteiger charge is 2.37. The molecule has 1 aliphatic carbocycles. The van der Waals surface area contributed by atoms with Crippen LogP contribution in [0.25, 0.3) is 5.57 Å². The number of hydrogen-bond donors (Lipinski definition) is 1. The normalized spacial score (nSPS) is 13.9. The van der Waals surface area contributed by atoms with E-state index in [1.54, 1.807) is 12.1 Å². The molecule has 13 heteroatoms. The first-order valence-electron chi connectivity index (χ1n) is 13.2. The van der Waals surface area contributed by atoms with Crippen LogP contribution in [-0.4, -0.2) is 43.3 Å². The van der Waals surface area contributed by atoms with Gasteiger partial charge >= 0.3 is 5.97 Å². The SMILES string of the molecule is CN(CC(=O)N(Cc1ccc(C2=CCCCCC2)cc1)c1ccc(C(=O)O)cc1)S(=O)(=O)c1c(F)c(F)c(F)c(F)c1F. The maximum absolute atomic E-state index is 14.3. The smallest absolute Gasteiger partial charge is 0.335 e. The van der Waals surface area contributed by atoms with E-state index in [-0.39, 0.29) is 22.1 Å². The second kappa shape index (κ2) is 13.0. The maximum atomic E-state index is 14.3. The molecule has 0 aliphatic heterocycles. The molecule has 0 atom stereocenters. The molecule has 0 radical (unpaired) electrons. The van der Waals surface area contributed by atoms with Crippen molar-refractivity contribution in [1.82, 2.24) is 4.31 Å². The van der Waals surface area contributed by atoms with Gasteiger partial charge in [0.1, 0.15) is 0 Å². The summed E-state index contributed by atoms with van der Waals surface area (Å²) in [4.78, 5) is 23.8. The molecular weight excluding hydrogens is 595 g/mol. The average molecular weight is 623 g/mol. The first-order chi connectivity index (χ1) is 20.3. The van der Waals surface area contributed by atoms with E-state index >= 15 is 0 Å². The van der Waals surface area contributed by atoms with Crippen LogP contribution in [0.4, 0.5) is 27.6 Å². The molecular formula is C30H27F5N2O5S. The number of likely N-dealkylation sites (N-methyl/N-ethyl adjacent to an activating group) is 1. The predicted molar refractivity (Wildman–Crippen MR) is 148 cm³/mol. The van der Waals surface area contributed by atoms with Crippen molar-refractivity contribution in [2.24, 2.45) is 0 Å². The lowest BCUT2D eigenvalue weighted by Gasteiger charge is -2.26. The highest BCUT2D eigenvalue weighted by molar-refractivity contribution is 7.89. The molecule has 4 rings (SSSR count). The number of amides is 1. The molecule has 0 saturated heterocycles. The van der Waals surface area contributed by atoms with Crippen LogP contribution in [-0.2, 0) is 21.4 Å². The van der Waals surface area contributed by atoms with Gasteiger partial charge in [0, 0.05) is 12.7 Å². The number of allylic oxidation sites excluding steroid dienone is 2. The number of carboxylic acid groups (broad SMARTS) is 1. The average Bonchev–Trinajstić information content (AvgIpc) is 3.28. The fourth-order valence-electron chi connectivity index (χ4n) is 4.72. The van der Waals surface area contributed by atoms with Crippen molar-refractivity contribution in [2.75, 3.05) is 18.5 Å². The van der Waals surface area contributed by atoms with Gasteiger partial charge in [0.15, 0.2) is 28.2 Å². The van der Waals surface area contributed by atoms with Gasteiger partial charge in [-0.1, -0.05) is 36.8 Å². The van der Waals surface area contributed by atoms with E-state index in [0.29, 0.717) is 5.56 Å². The van der Waals surface area contributed by atoms with Crippen molar-refractivity contribution in [3.63, 3.8) is 0 Å². The largest absolute Gasteiger partial charge is 0.478 e. The molecule has 0 unspecified atom stereocenters. The third-order valence-corrected chi connectivity index (χ3v) is 8.95. The van der Waals surface area contributed by atoms with E-state index in [2.05, 4.69) is 6.08 Å². The number of carbonyl (C=O) groups is 2. The van der Waals surface area contributed by atoms with Crippen LogP contribution in [0, 0.1) is 29.1 Å². The molecule has 0 aromatic heterocycles. The molecule has 228 valence electrons. The van der Waals surface area contributed by atoms with E-state index in [0.717, 1.165) is 49.6 Å². The summed E-state index contributed by atoms with van der Waals surface area (Å²) in [6.07, 6.45) is 7.45. The van der Waals surface area contributed by atoms with Gasteiger partial charge in [0.2, 0.25) is 21.7 Å². The Morgan fingerprint density at radius 1 is 0.814 bits per heavy atom. The lowest BCUT2D eigenvalue weighted by atomic mass is 10.00. The number of sulfonamides is 1. The minimum absolute atomic E-state index is 0.0804. The minimum atomic E-state index is -5.38. The van der Waals surface area contributed by atoms with Crippen LogP contribution in [0.5, 0.6) is 0 Å². The Bertz CT molecular complexity index is 1650. The number of anilines is 1. The van der Waals surface area contributed by atoms with E-state index in [1.807, 2.05) is 12.1 Å². The van der Waals surface area contributed by atoms with Gasteiger partial charge in [0.25, 0.3) is 0 Å². The number of nitrogens with zero attached hydrogens (tertiary/aromatic N) is 2. The Morgan fingerprint density at radius 3 is 1.98 bits per heavy atom. The van der Waals surface area contributed by atoms with Crippen molar-refractivity contribution in [3.05, 3.63) is 100 Å². The van der Waals surface area contributed by atoms with Crippen molar-refractivity contribution in [1.29, 1.82) is 0 Å². The number of carbonyl (C=O) groups excluding carboxylic acids is 1. The first kappa shape index (κ1) is 31.8. The van der Waals surface area contributed by atoms with Crippen molar-refractivity contribution in [2.45, 2.75) is 43.5 Å². The number of benzene rings is 3. The summed E-state index contributed by atoms with van der Waals surface area (Å²) in [6.45, 7) is -1.16. The molecule has 0 bridgehead atoms. The third kappa shape index (κ3) is 6.78. The highest BCUT2D eigenvalue weighted by Crippen LogP contribution is 2.30. The van der Waals surface area contributed by atoms with Crippen LogP contribution in [0.15, 0.2) is 59.5 Å². The minimum Gasteiger partial charge on any atom is -0.478 e. The maximum Gasteiger partial charge on any atom is 0.335 e. The summed E-state index contributed by atoms with van der Waals surface area (Å²) in [7, 11) is -4.62. The van der Waals surface area contributed by atoms with E-state index < -0.39 is 62.4 Å². The van der Waals surface area contributed by atoms with Gasteiger partial charge < -0.3 is 10.0 Å². The summed E-state index contributed by atoms with van der Waals surface area (Å²) in [5.41, 5.74) is 2.94. The highest BCUT2D eigenvalue weighted by atomic mass is 32.2. The van der Waals surface area contributed by atoms with Gasteiger partial charge in [-0.25, -0.2) is 35.2 Å². The second-order valence-electron chi connectivity index (χ2n) is 10.0. The molecule has 43 heavy (non-hydrogen) atoms. The van der Waals surface area contributed by atoms with Crippen molar-refractivity contribution < 1.29 is 45.1 Å². The van der Waals surface area contributed by atoms with Gasteiger partial charge in [-0.2, -0.15) is 4.31 Å². The zero-order chi connectivity index (χ0) is 31.5.